The maximum atomic E-state index is 12.0. The van der Waals surface area contributed by atoms with Crippen LogP contribution in [-0.2, 0) is 14.3 Å². The number of amides is 2. The van der Waals surface area contributed by atoms with Gasteiger partial charge in [-0.05, 0) is 35.4 Å². The van der Waals surface area contributed by atoms with Crippen LogP contribution < -0.4 is 0 Å². The zero-order valence-electron chi connectivity index (χ0n) is 13.2. The quantitative estimate of drug-likeness (QED) is 0.857. The molecule has 1 aliphatic heterocycles. The topological polar surface area (TPSA) is 93.1 Å². The highest BCUT2D eigenvalue weighted by atomic mass is 16.6. The number of phenolic OH excluding ortho intramolecular Hbond substituents is 1. The third-order valence-electron chi connectivity index (χ3n) is 3.71. The number of aromatic hydroxyl groups is 1. The van der Waals surface area contributed by atoms with Crippen molar-refractivity contribution in [2.24, 2.45) is 0 Å². The number of rotatable bonds is 4. The van der Waals surface area contributed by atoms with Crippen molar-refractivity contribution in [1.29, 1.82) is 0 Å². The third-order valence-corrected chi connectivity index (χ3v) is 3.71. The lowest BCUT2D eigenvalue weighted by Gasteiger charge is -2.11. The summed E-state index contributed by atoms with van der Waals surface area (Å²) in [5.74, 6) is -1.09. The van der Waals surface area contributed by atoms with Gasteiger partial charge in [-0.1, -0.05) is 24.3 Å². The summed E-state index contributed by atoms with van der Waals surface area (Å²) >= 11 is 0. The van der Waals surface area contributed by atoms with Gasteiger partial charge in [0.2, 0.25) is 0 Å². The average Bonchev–Trinajstić information content (AvgIpc) is 3.06. The van der Waals surface area contributed by atoms with Crippen LogP contribution in [0.2, 0.25) is 0 Å². The zero-order valence-corrected chi connectivity index (χ0v) is 13.2. The van der Waals surface area contributed by atoms with Crippen molar-refractivity contribution in [2.75, 3.05) is 19.8 Å². The van der Waals surface area contributed by atoms with Crippen LogP contribution >= 0.6 is 0 Å². The molecule has 0 saturated carbocycles. The van der Waals surface area contributed by atoms with Crippen molar-refractivity contribution in [2.45, 2.75) is 0 Å². The lowest BCUT2D eigenvalue weighted by atomic mass is 10.0. The minimum absolute atomic E-state index is 0.150. The highest BCUT2D eigenvalue weighted by Gasteiger charge is 2.29. The first kappa shape index (κ1) is 16.5. The minimum Gasteiger partial charge on any atom is -0.508 e. The van der Waals surface area contributed by atoms with E-state index in [1.54, 1.807) is 48.5 Å². The van der Waals surface area contributed by atoms with Crippen LogP contribution in [0.25, 0.3) is 11.1 Å². The molecule has 7 nitrogen and oxygen atoms in total. The molecule has 128 valence electrons. The Morgan fingerprint density at radius 1 is 1.04 bits per heavy atom. The molecule has 7 heteroatoms. The van der Waals surface area contributed by atoms with Gasteiger partial charge < -0.3 is 14.6 Å². The van der Waals surface area contributed by atoms with Crippen molar-refractivity contribution < 1.29 is 29.0 Å². The molecule has 0 atom stereocenters. The lowest BCUT2D eigenvalue weighted by molar-refractivity contribution is -0.131. The molecule has 1 saturated heterocycles. The summed E-state index contributed by atoms with van der Waals surface area (Å²) in [7, 11) is 0. The smallest absolute Gasteiger partial charge is 0.416 e. The maximum Gasteiger partial charge on any atom is 0.416 e. The van der Waals surface area contributed by atoms with Crippen LogP contribution in [0.3, 0.4) is 0 Å². The van der Waals surface area contributed by atoms with Crippen LogP contribution in [0, 0.1) is 0 Å². The highest BCUT2D eigenvalue weighted by molar-refractivity contribution is 5.96. The number of nitrogens with zero attached hydrogens (tertiary/aromatic N) is 1. The summed E-state index contributed by atoms with van der Waals surface area (Å²) in [5, 5.41) is 9.30. The summed E-state index contributed by atoms with van der Waals surface area (Å²) in [6, 6.07) is 13.3. The van der Waals surface area contributed by atoms with E-state index in [0.717, 1.165) is 16.0 Å². The van der Waals surface area contributed by atoms with Crippen LogP contribution in [0.5, 0.6) is 5.75 Å². The fraction of sp³-hybridized carbons (Fsp3) is 0.167. The number of carbonyl (C=O) groups is 3. The molecule has 1 heterocycles. The van der Waals surface area contributed by atoms with E-state index in [0.29, 0.717) is 5.56 Å². The van der Waals surface area contributed by atoms with E-state index in [9.17, 15) is 19.5 Å². The maximum absolute atomic E-state index is 12.0. The molecule has 3 rings (SSSR count). The van der Waals surface area contributed by atoms with E-state index in [1.165, 1.54) is 0 Å². The SMILES string of the molecule is O=C(OCC(=O)N1CCOC1=O)c1ccc(-c2ccc(O)cc2)cc1. The van der Waals surface area contributed by atoms with Crippen molar-refractivity contribution in [3.63, 3.8) is 0 Å². The molecule has 0 aromatic heterocycles. The van der Waals surface area contributed by atoms with Crippen LogP contribution in [0.1, 0.15) is 10.4 Å². The van der Waals surface area contributed by atoms with Gasteiger partial charge in [-0.15, -0.1) is 0 Å². The Hall–Kier alpha value is -3.35. The summed E-state index contributed by atoms with van der Waals surface area (Å²) < 4.78 is 9.59. The summed E-state index contributed by atoms with van der Waals surface area (Å²) in [6.45, 7) is -0.207. The van der Waals surface area contributed by atoms with E-state index in [1.807, 2.05) is 0 Å². The van der Waals surface area contributed by atoms with Gasteiger partial charge in [-0.2, -0.15) is 0 Å². The molecular formula is C18H15NO6. The molecule has 0 unspecified atom stereocenters. The van der Waals surface area contributed by atoms with Gasteiger partial charge in [-0.25, -0.2) is 14.5 Å². The number of hydrogen-bond donors (Lipinski definition) is 1. The predicted octanol–water partition coefficient (Wildman–Crippen LogP) is 2.19. The predicted molar refractivity (Wildman–Crippen MR) is 86.9 cm³/mol. The summed E-state index contributed by atoms with van der Waals surface area (Å²) in [4.78, 5) is 35.9. The number of cyclic esters (lactones) is 1. The van der Waals surface area contributed by atoms with Gasteiger partial charge in [0, 0.05) is 0 Å². The molecule has 1 aliphatic rings. The number of phenols is 1. The fourth-order valence-electron chi connectivity index (χ4n) is 2.36. The Morgan fingerprint density at radius 3 is 2.20 bits per heavy atom. The van der Waals surface area contributed by atoms with Crippen LogP contribution in [-0.4, -0.2) is 47.7 Å². The lowest BCUT2D eigenvalue weighted by Crippen LogP contribution is -2.35. The monoisotopic (exact) mass is 341 g/mol. The first-order valence-corrected chi connectivity index (χ1v) is 7.58. The molecule has 2 amide bonds. The van der Waals surface area contributed by atoms with Gasteiger partial charge in [0.25, 0.3) is 5.91 Å². The molecule has 0 radical (unpaired) electrons. The van der Waals surface area contributed by atoms with Gasteiger partial charge in [0.15, 0.2) is 6.61 Å². The fourth-order valence-corrected chi connectivity index (χ4v) is 2.36. The van der Waals surface area contributed by atoms with E-state index in [-0.39, 0.29) is 18.9 Å². The van der Waals surface area contributed by atoms with E-state index < -0.39 is 24.6 Å². The van der Waals surface area contributed by atoms with E-state index in [4.69, 9.17) is 4.74 Å². The standard InChI is InChI=1S/C18H15NO6/c20-15-7-5-13(6-8-15)12-1-3-14(4-2-12)17(22)25-11-16(21)19-9-10-24-18(19)23/h1-8,20H,9-11H2. The first-order chi connectivity index (χ1) is 12.0. The Kier molecular flexibility index (Phi) is 4.65. The van der Waals surface area contributed by atoms with Gasteiger partial charge in [0.1, 0.15) is 12.4 Å². The molecule has 2 aromatic carbocycles. The number of esters is 1. The number of hydrogen-bond acceptors (Lipinski definition) is 6. The highest BCUT2D eigenvalue weighted by Crippen LogP contribution is 2.22. The second kappa shape index (κ2) is 7.04. The molecule has 2 aromatic rings. The van der Waals surface area contributed by atoms with Crippen molar-refractivity contribution >= 4 is 18.0 Å². The van der Waals surface area contributed by atoms with Crippen molar-refractivity contribution in [3.05, 3.63) is 54.1 Å². The molecule has 1 fully saturated rings. The number of benzene rings is 2. The number of carbonyl (C=O) groups excluding carboxylic acids is 3. The van der Waals surface area contributed by atoms with E-state index >= 15 is 0 Å². The van der Waals surface area contributed by atoms with Crippen molar-refractivity contribution in [3.8, 4) is 16.9 Å². The first-order valence-electron chi connectivity index (χ1n) is 7.58. The number of imide groups is 1. The molecule has 0 spiro atoms. The van der Waals surface area contributed by atoms with Gasteiger partial charge in [-0.3, -0.25) is 4.79 Å². The summed E-state index contributed by atoms with van der Waals surface area (Å²) in [6.07, 6.45) is -0.723. The second-order valence-electron chi connectivity index (χ2n) is 5.36. The summed E-state index contributed by atoms with van der Waals surface area (Å²) in [5.41, 5.74) is 2.05. The second-order valence-corrected chi connectivity index (χ2v) is 5.36. The molecular weight excluding hydrogens is 326 g/mol. The minimum atomic E-state index is -0.723. The van der Waals surface area contributed by atoms with Crippen LogP contribution in [0.4, 0.5) is 4.79 Å². The molecule has 1 N–H and O–H groups in total. The Bertz CT molecular complexity index is 797. The largest absolute Gasteiger partial charge is 0.508 e. The van der Waals surface area contributed by atoms with Crippen molar-refractivity contribution in [1.82, 2.24) is 4.90 Å². The Balaban J connectivity index is 1.60. The molecule has 0 bridgehead atoms. The molecule has 25 heavy (non-hydrogen) atoms. The number of ether oxygens (including phenoxy) is 2. The Labute approximate surface area is 143 Å². The third kappa shape index (κ3) is 3.77. The zero-order chi connectivity index (χ0) is 17.8. The van der Waals surface area contributed by atoms with Gasteiger partial charge >= 0.3 is 12.1 Å². The average molecular weight is 341 g/mol. The van der Waals surface area contributed by atoms with Crippen LogP contribution in [0.15, 0.2) is 48.5 Å². The van der Waals surface area contributed by atoms with E-state index in [2.05, 4.69) is 4.74 Å². The molecule has 0 aliphatic carbocycles. The van der Waals surface area contributed by atoms with Gasteiger partial charge in [0.05, 0.1) is 12.1 Å². The normalized spacial score (nSPS) is 13.4. The Morgan fingerprint density at radius 2 is 1.64 bits per heavy atom.